The molecular formula is C17H21NOS. The van der Waals surface area contributed by atoms with E-state index in [1.807, 2.05) is 41.8 Å². The predicted molar refractivity (Wildman–Crippen MR) is 86.2 cm³/mol. The van der Waals surface area contributed by atoms with Gasteiger partial charge in [0.25, 0.3) is 5.91 Å². The molecule has 0 atom stereocenters. The van der Waals surface area contributed by atoms with Gasteiger partial charge in [-0.3, -0.25) is 4.79 Å². The zero-order valence-corrected chi connectivity index (χ0v) is 12.9. The van der Waals surface area contributed by atoms with Gasteiger partial charge in [-0.05, 0) is 22.9 Å². The summed E-state index contributed by atoms with van der Waals surface area (Å²) in [7, 11) is 0. The second kappa shape index (κ2) is 7.25. The maximum absolute atomic E-state index is 12.3. The largest absolute Gasteiger partial charge is 0.351 e. The molecule has 1 aromatic carbocycles. The normalized spacial score (nSPS) is 10.8. The highest BCUT2D eigenvalue weighted by Crippen LogP contribution is 2.28. The van der Waals surface area contributed by atoms with Crippen LogP contribution in [-0.4, -0.2) is 12.5 Å². The Bertz CT molecular complexity index is 543. The Hall–Kier alpha value is -1.61. The fraction of sp³-hybridized carbons (Fsp3) is 0.353. The topological polar surface area (TPSA) is 29.1 Å². The molecule has 0 spiro atoms. The third-order valence-electron chi connectivity index (χ3n) is 3.66. The monoisotopic (exact) mass is 287 g/mol. The Morgan fingerprint density at radius 1 is 1.15 bits per heavy atom. The molecule has 20 heavy (non-hydrogen) atoms. The molecule has 0 aliphatic carbocycles. The molecule has 0 saturated carbocycles. The number of benzene rings is 1. The Balaban J connectivity index is 2.10. The number of amides is 1. The van der Waals surface area contributed by atoms with E-state index >= 15 is 0 Å². The molecule has 0 aliphatic heterocycles. The van der Waals surface area contributed by atoms with Crippen LogP contribution in [0.3, 0.4) is 0 Å². The molecule has 2 aromatic rings. The highest BCUT2D eigenvalue weighted by molar-refractivity contribution is 7.12. The third kappa shape index (κ3) is 3.48. The summed E-state index contributed by atoms with van der Waals surface area (Å²) < 4.78 is 0. The maximum atomic E-state index is 12.3. The lowest BCUT2D eigenvalue weighted by molar-refractivity contribution is 0.0951. The van der Waals surface area contributed by atoms with Crippen molar-refractivity contribution < 1.29 is 4.79 Å². The van der Waals surface area contributed by atoms with E-state index in [4.69, 9.17) is 0 Å². The number of hydrogen-bond donors (Lipinski definition) is 1. The number of carbonyl (C=O) groups excluding carboxylic acids is 1. The van der Waals surface area contributed by atoms with Crippen LogP contribution in [-0.2, 0) is 0 Å². The summed E-state index contributed by atoms with van der Waals surface area (Å²) in [6, 6.07) is 12.1. The summed E-state index contributed by atoms with van der Waals surface area (Å²) in [4.78, 5) is 13.1. The van der Waals surface area contributed by atoms with Gasteiger partial charge in [-0.25, -0.2) is 0 Å². The summed E-state index contributed by atoms with van der Waals surface area (Å²) in [6.07, 6.45) is 2.21. The quantitative estimate of drug-likeness (QED) is 0.827. The molecule has 1 heterocycles. The van der Waals surface area contributed by atoms with Crippen molar-refractivity contribution in [2.24, 2.45) is 5.92 Å². The molecule has 0 radical (unpaired) electrons. The van der Waals surface area contributed by atoms with Crippen LogP contribution in [0.15, 0.2) is 41.8 Å². The number of carbonyl (C=O) groups is 1. The van der Waals surface area contributed by atoms with Crippen molar-refractivity contribution >= 4 is 17.2 Å². The van der Waals surface area contributed by atoms with Crippen molar-refractivity contribution in [1.82, 2.24) is 5.32 Å². The highest BCUT2D eigenvalue weighted by atomic mass is 32.1. The van der Waals surface area contributed by atoms with E-state index in [9.17, 15) is 4.79 Å². The molecule has 2 rings (SSSR count). The SMILES string of the molecule is CCC(CC)CNC(=O)c1sccc1-c1ccccc1. The van der Waals surface area contributed by atoms with E-state index in [-0.39, 0.29) is 5.91 Å². The molecule has 0 unspecified atom stereocenters. The van der Waals surface area contributed by atoms with Gasteiger partial charge in [0.15, 0.2) is 0 Å². The Morgan fingerprint density at radius 3 is 2.50 bits per heavy atom. The van der Waals surface area contributed by atoms with E-state index in [2.05, 4.69) is 19.2 Å². The van der Waals surface area contributed by atoms with Gasteiger partial charge in [0.05, 0.1) is 4.88 Å². The van der Waals surface area contributed by atoms with Gasteiger partial charge in [0, 0.05) is 12.1 Å². The van der Waals surface area contributed by atoms with Crippen LogP contribution in [0.1, 0.15) is 36.4 Å². The van der Waals surface area contributed by atoms with E-state index < -0.39 is 0 Å². The summed E-state index contributed by atoms with van der Waals surface area (Å²) in [5.41, 5.74) is 2.12. The fourth-order valence-electron chi connectivity index (χ4n) is 2.22. The second-order valence-electron chi connectivity index (χ2n) is 4.92. The van der Waals surface area contributed by atoms with Crippen LogP contribution < -0.4 is 5.32 Å². The van der Waals surface area contributed by atoms with Crippen molar-refractivity contribution in [3.05, 3.63) is 46.7 Å². The number of nitrogens with one attached hydrogen (secondary N) is 1. The molecular weight excluding hydrogens is 266 g/mol. The average Bonchev–Trinajstić information content (AvgIpc) is 2.98. The first-order valence-electron chi connectivity index (χ1n) is 7.17. The fourth-order valence-corrected chi connectivity index (χ4v) is 3.06. The molecule has 106 valence electrons. The van der Waals surface area contributed by atoms with Gasteiger partial charge in [-0.1, -0.05) is 57.0 Å². The zero-order chi connectivity index (χ0) is 14.4. The van der Waals surface area contributed by atoms with E-state index in [0.717, 1.165) is 35.4 Å². The lowest BCUT2D eigenvalue weighted by atomic mass is 10.0. The minimum absolute atomic E-state index is 0.0470. The van der Waals surface area contributed by atoms with Gasteiger partial charge in [-0.15, -0.1) is 11.3 Å². The number of hydrogen-bond acceptors (Lipinski definition) is 2. The molecule has 2 nitrogen and oxygen atoms in total. The van der Waals surface area contributed by atoms with E-state index in [0.29, 0.717) is 5.92 Å². The molecule has 1 aromatic heterocycles. The van der Waals surface area contributed by atoms with Crippen LogP contribution in [0, 0.1) is 5.92 Å². The van der Waals surface area contributed by atoms with Gasteiger partial charge in [0.1, 0.15) is 0 Å². The molecule has 0 aliphatic rings. The van der Waals surface area contributed by atoms with Gasteiger partial charge in [0.2, 0.25) is 0 Å². The highest BCUT2D eigenvalue weighted by Gasteiger charge is 2.15. The molecule has 1 amide bonds. The Kier molecular flexibility index (Phi) is 5.36. The number of rotatable bonds is 6. The smallest absolute Gasteiger partial charge is 0.261 e. The van der Waals surface area contributed by atoms with Gasteiger partial charge in [-0.2, -0.15) is 0 Å². The predicted octanol–water partition coefficient (Wildman–Crippen LogP) is 4.58. The molecule has 0 saturated heterocycles. The minimum Gasteiger partial charge on any atom is -0.351 e. The van der Waals surface area contributed by atoms with Crippen molar-refractivity contribution in [2.45, 2.75) is 26.7 Å². The minimum atomic E-state index is 0.0470. The zero-order valence-electron chi connectivity index (χ0n) is 12.1. The first kappa shape index (κ1) is 14.8. The van der Waals surface area contributed by atoms with Crippen molar-refractivity contribution in [3.63, 3.8) is 0 Å². The summed E-state index contributed by atoms with van der Waals surface area (Å²) in [5.74, 6) is 0.616. The van der Waals surface area contributed by atoms with Crippen LogP contribution in [0.4, 0.5) is 0 Å². The number of thiophene rings is 1. The Morgan fingerprint density at radius 2 is 1.85 bits per heavy atom. The first-order valence-corrected chi connectivity index (χ1v) is 8.05. The molecule has 0 fully saturated rings. The van der Waals surface area contributed by atoms with Crippen LogP contribution in [0.5, 0.6) is 0 Å². The van der Waals surface area contributed by atoms with Crippen molar-refractivity contribution in [2.75, 3.05) is 6.54 Å². The van der Waals surface area contributed by atoms with Crippen molar-refractivity contribution in [1.29, 1.82) is 0 Å². The second-order valence-corrected chi connectivity index (χ2v) is 5.84. The van der Waals surface area contributed by atoms with Gasteiger partial charge < -0.3 is 5.32 Å². The standard InChI is InChI=1S/C17H21NOS/c1-3-13(4-2)12-18-17(19)16-15(10-11-20-16)14-8-6-5-7-9-14/h5-11,13H,3-4,12H2,1-2H3,(H,18,19). The lowest BCUT2D eigenvalue weighted by Gasteiger charge is -2.13. The van der Waals surface area contributed by atoms with E-state index in [1.54, 1.807) is 0 Å². The third-order valence-corrected chi connectivity index (χ3v) is 4.58. The summed E-state index contributed by atoms with van der Waals surface area (Å²) in [5, 5.41) is 5.05. The molecule has 1 N–H and O–H groups in total. The van der Waals surface area contributed by atoms with Crippen LogP contribution >= 0.6 is 11.3 Å². The molecule has 0 bridgehead atoms. The van der Waals surface area contributed by atoms with Crippen molar-refractivity contribution in [3.8, 4) is 11.1 Å². The lowest BCUT2D eigenvalue weighted by Crippen LogP contribution is -2.28. The Labute approximate surface area is 124 Å². The van der Waals surface area contributed by atoms with E-state index in [1.165, 1.54) is 11.3 Å². The summed E-state index contributed by atoms with van der Waals surface area (Å²) >= 11 is 1.51. The van der Waals surface area contributed by atoms with Crippen LogP contribution in [0.2, 0.25) is 0 Å². The average molecular weight is 287 g/mol. The van der Waals surface area contributed by atoms with Crippen LogP contribution in [0.25, 0.3) is 11.1 Å². The first-order chi connectivity index (χ1) is 9.76. The van der Waals surface area contributed by atoms with Gasteiger partial charge >= 0.3 is 0 Å². The maximum Gasteiger partial charge on any atom is 0.261 e. The molecule has 3 heteroatoms. The summed E-state index contributed by atoms with van der Waals surface area (Å²) in [6.45, 7) is 5.10.